The van der Waals surface area contributed by atoms with E-state index in [0.717, 1.165) is 29.9 Å². The third kappa shape index (κ3) is 6.33. The second kappa shape index (κ2) is 11.0. The van der Waals surface area contributed by atoms with Gasteiger partial charge in [-0.25, -0.2) is 0 Å². The molecule has 2 amide bonds. The second-order valence-corrected chi connectivity index (χ2v) is 8.43. The van der Waals surface area contributed by atoms with Crippen molar-refractivity contribution in [1.82, 2.24) is 9.80 Å². The maximum atomic E-state index is 13.5. The van der Waals surface area contributed by atoms with Crippen molar-refractivity contribution in [1.29, 1.82) is 0 Å². The van der Waals surface area contributed by atoms with Crippen LogP contribution in [0.4, 0.5) is 0 Å². The number of nitrogens with zero attached hydrogens (tertiary/aromatic N) is 2. The molecule has 6 heteroatoms. The monoisotopic (exact) mass is 446 g/mol. The zero-order valence-electron chi connectivity index (χ0n) is 19.0. The Labute approximate surface area is 194 Å². The van der Waals surface area contributed by atoms with Crippen molar-refractivity contribution in [3.63, 3.8) is 0 Å². The number of carbonyl (C=O) groups excluding carboxylic acids is 2. The van der Waals surface area contributed by atoms with Crippen LogP contribution in [0.15, 0.2) is 77.2 Å². The highest BCUT2D eigenvalue weighted by Gasteiger charge is 2.27. The molecule has 3 aromatic rings. The molecule has 0 aliphatic carbocycles. The molecule has 172 valence electrons. The van der Waals surface area contributed by atoms with E-state index >= 15 is 0 Å². The van der Waals surface area contributed by atoms with Crippen LogP contribution in [0.25, 0.3) is 0 Å². The summed E-state index contributed by atoms with van der Waals surface area (Å²) in [6, 6.07) is 22.7. The lowest BCUT2D eigenvalue weighted by Crippen LogP contribution is -2.45. The minimum atomic E-state index is -0.159. The number of ether oxygens (including phenoxy) is 1. The van der Waals surface area contributed by atoms with Crippen LogP contribution in [-0.2, 0) is 22.6 Å². The van der Waals surface area contributed by atoms with Gasteiger partial charge in [-0.1, -0.05) is 48.5 Å². The van der Waals surface area contributed by atoms with Crippen molar-refractivity contribution >= 4 is 11.8 Å². The molecule has 6 nitrogen and oxygen atoms in total. The molecule has 4 rings (SSSR count). The average molecular weight is 447 g/mol. The van der Waals surface area contributed by atoms with Crippen LogP contribution >= 0.6 is 0 Å². The fraction of sp³-hybridized carbons (Fsp3) is 0.333. The van der Waals surface area contributed by atoms with Crippen LogP contribution in [0.5, 0.6) is 0 Å². The van der Waals surface area contributed by atoms with Gasteiger partial charge in [-0.15, -0.1) is 0 Å². The SMILES string of the molecule is Cc1ccc(CN(Cc2ccccc2)C(=O)CN(CC2CCCO2)C(=O)c2ccccc2)o1. The van der Waals surface area contributed by atoms with E-state index < -0.39 is 0 Å². The van der Waals surface area contributed by atoms with Crippen LogP contribution in [0.2, 0.25) is 0 Å². The number of hydrogen-bond donors (Lipinski definition) is 0. The Morgan fingerprint density at radius 1 is 0.909 bits per heavy atom. The van der Waals surface area contributed by atoms with Crippen molar-refractivity contribution in [3.8, 4) is 0 Å². The Hall–Kier alpha value is -3.38. The zero-order valence-corrected chi connectivity index (χ0v) is 19.0. The Kier molecular flexibility index (Phi) is 7.58. The summed E-state index contributed by atoms with van der Waals surface area (Å²) in [5.74, 6) is 1.23. The van der Waals surface area contributed by atoms with E-state index in [1.807, 2.05) is 67.6 Å². The van der Waals surface area contributed by atoms with Crippen molar-refractivity contribution < 1.29 is 18.7 Å². The third-order valence-corrected chi connectivity index (χ3v) is 5.79. The first-order valence-electron chi connectivity index (χ1n) is 11.4. The highest BCUT2D eigenvalue weighted by atomic mass is 16.5. The van der Waals surface area contributed by atoms with Gasteiger partial charge in [-0.05, 0) is 49.6 Å². The summed E-state index contributed by atoms with van der Waals surface area (Å²) in [4.78, 5) is 30.2. The molecule has 2 aromatic carbocycles. The maximum absolute atomic E-state index is 13.5. The lowest BCUT2D eigenvalue weighted by molar-refractivity contribution is -0.133. The minimum Gasteiger partial charge on any atom is -0.464 e. The van der Waals surface area contributed by atoms with Gasteiger partial charge in [0.05, 0.1) is 12.6 Å². The van der Waals surface area contributed by atoms with Gasteiger partial charge in [0.1, 0.15) is 18.1 Å². The van der Waals surface area contributed by atoms with Crippen LogP contribution < -0.4 is 0 Å². The number of furan rings is 1. The lowest BCUT2D eigenvalue weighted by Gasteiger charge is -2.29. The summed E-state index contributed by atoms with van der Waals surface area (Å²) in [7, 11) is 0. The first kappa shape index (κ1) is 22.8. The van der Waals surface area contributed by atoms with E-state index in [1.165, 1.54) is 0 Å². The fourth-order valence-corrected chi connectivity index (χ4v) is 4.07. The summed E-state index contributed by atoms with van der Waals surface area (Å²) < 4.78 is 11.5. The summed E-state index contributed by atoms with van der Waals surface area (Å²) in [6.45, 7) is 3.75. The van der Waals surface area contributed by atoms with Crippen LogP contribution in [0.3, 0.4) is 0 Å². The predicted molar refractivity (Wildman–Crippen MR) is 125 cm³/mol. The number of carbonyl (C=O) groups is 2. The molecule has 1 unspecified atom stereocenters. The van der Waals surface area contributed by atoms with Crippen LogP contribution in [0.1, 0.15) is 40.3 Å². The number of hydrogen-bond acceptors (Lipinski definition) is 4. The Bertz CT molecular complexity index is 1040. The maximum Gasteiger partial charge on any atom is 0.254 e. The molecule has 0 saturated carbocycles. The Morgan fingerprint density at radius 2 is 1.64 bits per heavy atom. The molecule has 1 fully saturated rings. The highest BCUT2D eigenvalue weighted by Crippen LogP contribution is 2.17. The Balaban J connectivity index is 1.54. The molecule has 1 aromatic heterocycles. The van der Waals surface area contributed by atoms with Gasteiger partial charge in [0.2, 0.25) is 5.91 Å². The van der Waals surface area contributed by atoms with Crippen molar-refractivity contribution in [2.75, 3.05) is 19.7 Å². The average Bonchev–Trinajstić information content (AvgIpc) is 3.50. The summed E-state index contributed by atoms with van der Waals surface area (Å²) in [5, 5.41) is 0. The largest absolute Gasteiger partial charge is 0.464 e. The molecule has 1 aliphatic heterocycles. The van der Waals surface area contributed by atoms with E-state index in [0.29, 0.717) is 31.8 Å². The van der Waals surface area contributed by atoms with Gasteiger partial charge in [-0.3, -0.25) is 9.59 Å². The molecule has 0 bridgehead atoms. The van der Waals surface area contributed by atoms with E-state index in [9.17, 15) is 9.59 Å². The molecular weight excluding hydrogens is 416 g/mol. The summed E-state index contributed by atoms with van der Waals surface area (Å²) in [6.07, 6.45) is 1.83. The smallest absolute Gasteiger partial charge is 0.254 e. The molecule has 0 radical (unpaired) electrons. The van der Waals surface area contributed by atoms with Gasteiger partial charge in [0.25, 0.3) is 5.91 Å². The van der Waals surface area contributed by atoms with Crippen LogP contribution in [0, 0.1) is 6.92 Å². The summed E-state index contributed by atoms with van der Waals surface area (Å²) >= 11 is 0. The van der Waals surface area contributed by atoms with E-state index in [-0.39, 0.29) is 24.5 Å². The van der Waals surface area contributed by atoms with Gasteiger partial charge >= 0.3 is 0 Å². The Morgan fingerprint density at radius 3 is 2.27 bits per heavy atom. The molecule has 1 aliphatic rings. The quantitative estimate of drug-likeness (QED) is 0.488. The molecule has 0 spiro atoms. The second-order valence-electron chi connectivity index (χ2n) is 8.43. The van der Waals surface area contributed by atoms with Crippen LogP contribution in [-0.4, -0.2) is 47.4 Å². The molecule has 1 atom stereocenters. The third-order valence-electron chi connectivity index (χ3n) is 5.79. The zero-order chi connectivity index (χ0) is 23.0. The summed E-state index contributed by atoms with van der Waals surface area (Å²) in [5.41, 5.74) is 1.59. The molecule has 2 heterocycles. The number of rotatable bonds is 9. The predicted octanol–water partition coefficient (Wildman–Crippen LogP) is 4.44. The first-order chi connectivity index (χ1) is 16.1. The molecule has 1 saturated heterocycles. The van der Waals surface area contributed by atoms with Crippen molar-refractivity contribution in [2.24, 2.45) is 0 Å². The van der Waals surface area contributed by atoms with E-state index in [1.54, 1.807) is 21.9 Å². The topological polar surface area (TPSA) is 63.0 Å². The number of benzene rings is 2. The molecule has 0 N–H and O–H groups in total. The molecular formula is C27H30N2O4. The van der Waals surface area contributed by atoms with Gasteiger partial charge in [0.15, 0.2) is 0 Å². The highest BCUT2D eigenvalue weighted by molar-refractivity contribution is 5.96. The fourth-order valence-electron chi connectivity index (χ4n) is 4.07. The standard InChI is InChI=1S/C27H30N2O4/c1-21-14-15-25(33-21)19-28(17-22-9-4-2-5-10-22)26(30)20-29(18-24-13-8-16-32-24)27(31)23-11-6-3-7-12-23/h2-7,9-12,14-15,24H,8,13,16-20H2,1H3. The van der Waals surface area contributed by atoms with E-state index in [4.69, 9.17) is 9.15 Å². The first-order valence-corrected chi connectivity index (χ1v) is 11.4. The van der Waals surface area contributed by atoms with Crippen molar-refractivity contribution in [3.05, 3.63) is 95.4 Å². The van der Waals surface area contributed by atoms with Crippen molar-refractivity contribution in [2.45, 2.75) is 39.0 Å². The number of aryl methyl sites for hydroxylation is 1. The lowest BCUT2D eigenvalue weighted by atomic mass is 10.1. The van der Waals surface area contributed by atoms with Gasteiger partial charge < -0.3 is 19.0 Å². The van der Waals surface area contributed by atoms with Gasteiger partial charge in [-0.2, -0.15) is 0 Å². The van der Waals surface area contributed by atoms with E-state index in [2.05, 4.69) is 0 Å². The minimum absolute atomic E-state index is 0.0138. The molecule has 33 heavy (non-hydrogen) atoms. The number of amides is 2. The normalized spacial score (nSPS) is 15.4. The van der Waals surface area contributed by atoms with Gasteiger partial charge in [0, 0.05) is 25.3 Å².